The molecule has 2 rings (SSSR count). The maximum atomic E-state index is 12.1. The minimum atomic E-state index is -1.02. The number of rotatable bonds is 4. The lowest BCUT2D eigenvalue weighted by Crippen LogP contribution is -2.70. The third kappa shape index (κ3) is 2.81. The van der Waals surface area contributed by atoms with E-state index in [0.717, 1.165) is 0 Å². The van der Waals surface area contributed by atoms with E-state index in [2.05, 4.69) is 5.32 Å². The minimum Gasteiger partial charge on any atom is -0.480 e. The van der Waals surface area contributed by atoms with Crippen LogP contribution in [0.25, 0.3) is 0 Å². The Morgan fingerprint density at radius 1 is 1.48 bits per heavy atom. The Kier molecular flexibility index (Phi) is 4.10. The summed E-state index contributed by atoms with van der Waals surface area (Å²) in [5.41, 5.74) is 0. The maximum absolute atomic E-state index is 12.1. The van der Waals surface area contributed by atoms with Gasteiger partial charge >= 0.3 is 12.1 Å². The van der Waals surface area contributed by atoms with Crippen molar-refractivity contribution in [1.82, 2.24) is 10.2 Å². The second kappa shape index (κ2) is 5.40. The monoisotopic (exact) mass is 316 g/mol. The molecule has 0 aromatic carbocycles. The number of alkyl carbamates (subject to hydrolysis) is 1. The van der Waals surface area contributed by atoms with Gasteiger partial charge < -0.3 is 20.1 Å². The predicted octanol–water partition coefficient (Wildman–Crippen LogP) is 0.884. The molecule has 3 atom stereocenters. The Hall–Kier alpha value is -1.44. The van der Waals surface area contributed by atoms with Crippen LogP contribution in [0.3, 0.4) is 0 Å². The first-order chi connectivity index (χ1) is 9.65. The summed E-state index contributed by atoms with van der Waals surface area (Å²) in [6, 6.07) is -1.58. The van der Waals surface area contributed by atoms with Crippen LogP contribution in [0.2, 0.25) is 0 Å². The van der Waals surface area contributed by atoms with Gasteiger partial charge in [0.25, 0.3) is 0 Å². The highest BCUT2D eigenvalue weighted by Crippen LogP contribution is 2.50. The number of β-lactam (4-membered cyclic amide) rings is 1. The molecule has 0 radical (unpaired) electrons. The third-order valence-corrected chi connectivity index (χ3v) is 5.07. The molecule has 0 aliphatic carbocycles. The molecule has 2 aliphatic rings. The molecule has 2 amide bonds. The summed E-state index contributed by atoms with van der Waals surface area (Å²) >= 11 is 1.39. The number of fused-ring (bicyclic) bond motifs is 1. The highest BCUT2D eigenvalue weighted by Gasteiger charge is 2.64. The summed E-state index contributed by atoms with van der Waals surface area (Å²) in [6.07, 6.45) is -0.640. The number of hydrogen-bond acceptors (Lipinski definition) is 5. The number of aliphatic carboxylic acids is 1. The van der Waals surface area contributed by atoms with Crippen LogP contribution in [0.4, 0.5) is 4.79 Å². The number of hydrogen-bond donors (Lipinski definition) is 2. The van der Waals surface area contributed by atoms with Crippen LogP contribution in [0.1, 0.15) is 27.7 Å². The zero-order valence-electron chi connectivity index (χ0n) is 12.5. The van der Waals surface area contributed by atoms with Crippen LogP contribution < -0.4 is 5.32 Å². The van der Waals surface area contributed by atoms with Crippen LogP contribution in [0.15, 0.2) is 0 Å². The van der Waals surface area contributed by atoms with Gasteiger partial charge in [-0.25, -0.2) is 9.59 Å². The summed E-state index contributed by atoms with van der Waals surface area (Å²) in [5, 5.41) is 11.5. The zero-order chi connectivity index (χ0) is 15.9. The highest BCUT2D eigenvalue weighted by molar-refractivity contribution is 8.01. The van der Waals surface area contributed by atoms with Crippen molar-refractivity contribution in [3.05, 3.63) is 0 Å². The third-order valence-electron chi connectivity index (χ3n) is 3.50. The fraction of sp³-hybridized carbons (Fsp3) is 0.769. The summed E-state index contributed by atoms with van der Waals surface area (Å²) < 4.78 is 4.39. The van der Waals surface area contributed by atoms with Crippen LogP contribution in [0.5, 0.6) is 0 Å². The number of thioether (sulfide) groups is 1. The number of amides is 2. The Bertz CT molecular complexity index is 479. The van der Waals surface area contributed by atoms with Crippen molar-refractivity contribution >= 4 is 29.7 Å². The average Bonchev–Trinajstić information content (AvgIpc) is 2.62. The molecule has 8 heteroatoms. The van der Waals surface area contributed by atoms with Crippen LogP contribution >= 0.6 is 11.8 Å². The Morgan fingerprint density at radius 3 is 2.62 bits per heavy atom. The molecule has 2 N–H and O–H groups in total. The van der Waals surface area contributed by atoms with Gasteiger partial charge in [-0.15, -0.1) is 11.8 Å². The Labute approximate surface area is 127 Å². The van der Waals surface area contributed by atoms with Gasteiger partial charge in [-0.2, -0.15) is 0 Å². The van der Waals surface area contributed by atoms with E-state index in [9.17, 15) is 19.5 Å². The number of carboxylic acid groups (broad SMARTS) is 1. The van der Waals surface area contributed by atoms with Crippen molar-refractivity contribution < 1.29 is 24.2 Å². The first-order valence-corrected chi connectivity index (χ1v) is 7.69. The molecular weight excluding hydrogens is 296 g/mol. The van der Waals surface area contributed by atoms with Gasteiger partial charge in [0, 0.05) is 4.75 Å². The fourth-order valence-electron chi connectivity index (χ4n) is 2.56. The molecule has 2 saturated heterocycles. The van der Waals surface area contributed by atoms with E-state index in [0.29, 0.717) is 0 Å². The van der Waals surface area contributed by atoms with E-state index in [4.69, 9.17) is 4.74 Å². The molecule has 7 nitrogen and oxygen atoms in total. The van der Waals surface area contributed by atoms with Gasteiger partial charge in [0.15, 0.2) is 0 Å². The molecule has 2 fully saturated rings. The van der Waals surface area contributed by atoms with Gasteiger partial charge in [0.1, 0.15) is 17.5 Å². The molecule has 118 valence electrons. The van der Waals surface area contributed by atoms with Gasteiger partial charge in [-0.05, 0) is 19.8 Å². The lowest BCUT2D eigenvalue weighted by atomic mass is 9.96. The standard InChI is InChI=1S/C13H20N2O5S/c1-6(2)5-20-12(19)14-7-9(16)15-8(11(17)18)13(3,4)21-10(7)15/h6-8,10H,5H2,1-4H3,(H,14,19)(H,17,18)/t7-,8+,10-/m0/s1. The SMILES string of the molecule is CC(C)COC(=O)N[C@H]1C(=O)N2[C@H]1SC(C)(C)[C@H]2C(=O)O. The van der Waals surface area contributed by atoms with Crippen molar-refractivity contribution in [2.75, 3.05) is 6.61 Å². The molecule has 0 aromatic rings. The van der Waals surface area contributed by atoms with Gasteiger partial charge in [0.2, 0.25) is 5.91 Å². The Balaban J connectivity index is 2.00. The molecule has 2 heterocycles. The first kappa shape index (κ1) is 15.9. The summed E-state index contributed by atoms with van der Waals surface area (Å²) in [6.45, 7) is 7.68. The summed E-state index contributed by atoms with van der Waals surface area (Å²) in [4.78, 5) is 36.4. The largest absolute Gasteiger partial charge is 0.480 e. The van der Waals surface area contributed by atoms with Crippen molar-refractivity contribution in [2.45, 2.75) is 49.9 Å². The summed E-state index contributed by atoms with van der Waals surface area (Å²) in [7, 11) is 0. The average molecular weight is 316 g/mol. The number of nitrogens with zero attached hydrogens (tertiary/aromatic N) is 1. The maximum Gasteiger partial charge on any atom is 0.407 e. The number of ether oxygens (including phenoxy) is 1. The van der Waals surface area contributed by atoms with Crippen molar-refractivity contribution in [2.24, 2.45) is 5.92 Å². The van der Waals surface area contributed by atoms with Crippen LogP contribution in [0, 0.1) is 5.92 Å². The summed E-state index contributed by atoms with van der Waals surface area (Å²) in [5.74, 6) is -1.18. The van der Waals surface area contributed by atoms with E-state index >= 15 is 0 Å². The van der Waals surface area contributed by atoms with Gasteiger partial charge in [-0.3, -0.25) is 4.79 Å². The van der Waals surface area contributed by atoms with E-state index in [-0.39, 0.29) is 23.8 Å². The quantitative estimate of drug-likeness (QED) is 0.748. The first-order valence-electron chi connectivity index (χ1n) is 6.81. The minimum absolute atomic E-state index is 0.209. The molecule has 0 unspecified atom stereocenters. The number of carbonyl (C=O) groups is 3. The number of carboxylic acids is 1. The Morgan fingerprint density at radius 2 is 2.10 bits per heavy atom. The normalized spacial score (nSPS) is 29.9. The van der Waals surface area contributed by atoms with E-state index in [1.165, 1.54) is 16.7 Å². The lowest BCUT2D eigenvalue weighted by Gasteiger charge is -2.43. The van der Waals surface area contributed by atoms with Crippen molar-refractivity contribution in [1.29, 1.82) is 0 Å². The van der Waals surface area contributed by atoms with E-state index < -0.39 is 28.9 Å². The molecular formula is C13H20N2O5S. The molecule has 0 spiro atoms. The molecule has 0 aromatic heterocycles. The van der Waals surface area contributed by atoms with Gasteiger partial charge in [-0.1, -0.05) is 13.8 Å². The topological polar surface area (TPSA) is 95.9 Å². The molecule has 21 heavy (non-hydrogen) atoms. The molecule has 2 aliphatic heterocycles. The van der Waals surface area contributed by atoms with Crippen molar-refractivity contribution in [3.8, 4) is 0 Å². The van der Waals surface area contributed by atoms with E-state index in [1.54, 1.807) is 13.8 Å². The number of carbonyl (C=O) groups excluding carboxylic acids is 2. The highest BCUT2D eigenvalue weighted by atomic mass is 32.2. The number of nitrogens with one attached hydrogen (secondary N) is 1. The van der Waals surface area contributed by atoms with Crippen molar-refractivity contribution in [3.63, 3.8) is 0 Å². The zero-order valence-corrected chi connectivity index (χ0v) is 13.3. The smallest absolute Gasteiger partial charge is 0.407 e. The van der Waals surface area contributed by atoms with Crippen LogP contribution in [-0.4, -0.2) is 56.8 Å². The second-order valence-electron chi connectivity index (χ2n) is 6.21. The lowest BCUT2D eigenvalue weighted by molar-refractivity contribution is -0.160. The predicted molar refractivity (Wildman–Crippen MR) is 76.8 cm³/mol. The van der Waals surface area contributed by atoms with E-state index in [1.807, 2.05) is 13.8 Å². The van der Waals surface area contributed by atoms with Gasteiger partial charge in [0.05, 0.1) is 6.61 Å². The fourth-order valence-corrected chi connectivity index (χ4v) is 4.18. The molecule has 0 bridgehead atoms. The second-order valence-corrected chi connectivity index (χ2v) is 7.98. The molecule has 0 saturated carbocycles. The van der Waals surface area contributed by atoms with Crippen LogP contribution in [-0.2, 0) is 14.3 Å².